The van der Waals surface area contributed by atoms with Crippen molar-refractivity contribution in [3.05, 3.63) is 65.7 Å². The van der Waals surface area contributed by atoms with E-state index >= 15 is 0 Å². The van der Waals surface area contributed by atoms with Crippen LogP contribution in [0.3, 0.4) is 0 Å². The smallest absolute Gasteiger partial charge is 0.328 e. The fraction of sp³-hybridized carbons (Fsp3) is 0.333. The number of esters is 1. The van der Waals surface area contributed by atoms with Crippen molar-refractivity contribution in [2.75, 3.05) is 13.7 Å². The lowest BCUT2D eigenvalue weighted by molar-refractivity contribution is -0.150. The molecule has 0 bridgehead atoms. The third-order valence-corrected chi connectivity index (χ3v) is 4.75. The van der Waals surface area contributed by atoms with E-state index in [9.17, 15) is 18.4 Å². The van der Waals surface area contributed by atoms with E-state index in [0.29, 0.717) is 5.56 Å². The Morgan fingerprint density at radius 2 is 1.75 bits per heavy atom. The van der Waals surface area contributed by atoms with Crippen molar-refractivity contribution in [3.8, 4) is 5.75 Å². The number of ether oxygens (including phenoxy) is 2. The van der Waals surface area contributed by atoms with Crippen LogP contribution >= 0.6 is 0 Å². The number of likely N-dealkylation sites (tertiary alicyclic amines) is 1. The summed E-state index contributed by atoms with van der Waals surface area (Å²) in [7, 11) is 1.25. The second-order valence-electron chi connectivity index (χ2n) is 6.58. The van der Waals surface area contributed by atoms with Gasteiger partial charge in [-0.1, -0.05) is 30.3 Å². The van der Waals surface area contributed by atoms with Gasteiger partial charge in [-0.3, -0.25) is 4.79 Å². The summed E-state index contributed by atoms with van der Waals surface area (Å²) in [6.07, 6.45) is -0.0828. The van der Waals surface area contributed by atoms with Gasteiger partial charge in [0.15, 0.2) is 11.6 Å². The van der Waals surface area contributed by atoms with Gasteiger partial charge in [0.2, 0.25) is 5.91 Å². The lowest BCUT2D eigenvalue weighted by Crippen LogP contribution is -2.41. The van der Waals surface area contributed by atoms with E-state index in [-0.39, 0.29) is 43.3 Å². The van der Waals surface area contributed by atoms with E-state index in [1.807, 2.05) is 0 Å². The highest BCUT2D eigenvalue weighted by atomic mass is 19.1. The Bertz CT molecular complexity index is 858. The molecule has 0 N–H and O–H groups in total. The fourth-order valence-corrected chi connectivity index (χ4v) is 3.32. The number of hydrogen-bond acceptors (Lipinski definition) is 4. The maximum Gasteiger partial charge on any atom is 0.328 e. The molecule has 1 aliphatic heterocycles. The highest BCUT2D eigenvalue weighted by molar-refractivity contribution is 5.85. The van der Waals surface area contributed by atoms with Gasteiger partial charge in [-0.2, -0.15) is 0 Å². The Labute approximate surface area is 161 Å². The predicted molar refractivity (Wildman–Crippen MR) is 97.7 cm³/mol. The summed E-state index contributed by atoms with van der Waals surface area (Å²) in [6.45, 7) is 0.129. The number of benzene rings is 2. The zero-order valence-electron chi connectivity index (χ0n) is 15.4. The van der Waals surface area contributed by atoms with Crippen molar-refractivity contribution >= 4 is 11.9 Å². The van der Waals surface area contributed by atoms with Crippen LogP contribution in [0.15, 0.2) is 48.5 Å². The van der Waals surface area contributed by atoms with E-state index in [1.54, 1.807) is 30.3 Å². The molecule has 3 rings (SSSR count). The Morgan fingerprint density at radius 3 is 2.43 bits per heavy atom. The average molecular weight is 389 g/mol. The number of halogens is 2. The number of carbonyl (C=O) groups excluding carboxylic acids is 2. The van der Waals surface area contributed by atoms with Crippen LogP contribution in [0.25, 0.3) is 0 Å². The van der Waals surface area contributed by atoms with Gasteiger partial charge in [-0.05, 0) is 30.2 Å². The van der Waals surface area contributed by atoms with E-state index in [0.717, 1.165) is 0 Å². The zero-order chi connectivity index (χ0) is 20.1. The normalized spacial score (nSPS) is 18.8. The molecule has 2 unspecified atom stereocenters. The third-order valence-electron chi connectivity index (χ3n) is 4.75. The van der Waals surface area contributed by atoms with Crippen molar-refractivity contribution in [2.24, 2.45) is 0 Å². The van der Waals surface area contributed by atoms with E-state index < -0.39 is 23.9 Å². The summed E-state index contributed by atoms with van der Waals surface area (Å²) in [6, 6.07) is 11.4. The van der Waals surface area contributed by atoms with E-state index in [1.165, 1.54) is 30.2 Å². The molecule has 7 heteroatoms. The number of methoxy groups -OCH3 is 1. The first kappa shape index (κ1) is 19.8. The van der Waals surface area contributed by atoms with Gasteiger partial charge in [0.1, 0.15) is 18.0 Å². The highest BCUT2D eigenvalue weighted by Gasteiger charge is 2.41. The molecular weight excluding hydrogens is 368 g/mol. The molecular formula is C21H21F2NO4. The minimum Gasteiger partial charge on any atom is -0.485 e. The lowest BCUT2D eigenvalue weighted by atomic mass is 10.1. The highest BCUT2D eigenvalue weighted by Crippen LogP contribution is 2.26. The summed E-state index contributed by atoms with van der Waals surface area (Å²) >= 11 is 0. The standard InChI is InChI=1S/C21H21F2NO4/c1-27-21(26)18-12-15(28-19-9-5-4-8-17(19)23)13-24(18)20(25)11-10-14-6-2-3-7-16(14)22/h2-9,15,18H,10-13H2,1H3. The van der Waals surface area contributed by atoms with Crippen molar-refractivity contribution in [1.82, 2.24) is 4.90 Å². The number of para-hydroxylation sites is 1. The Balaban J connectivity index is 1.68. The Morgan fingerprint density at radius 1 is 1.07 bits per heavy atom. The second-order valence-corrected chi connectivity index (χ2v) is 6.58. The van der Waals surface area contributed by atoms with Crippen molar-refractivity contribution in [3.63, 3.8) is 0 Å². The van der Waals surface area contributed by atoms with Gasteiger partial charge >= 0.3 is 5.97 Å². The molecule has 2 aromatic rings. The Hall–Kier alpha value is -2.96. The SMILES string of the molecule is COC(=O)C1CC(Oc2ccccc2F)CN1C(=O)CCc1ccccc1F. The molecule has 0 saturated carbocycles. The molecule has 2 atom stereocenters. The second kappa shape index (κ2) is 8.82. The van der Waals surface area contributed by atoms with Crippen LogP contribution in [-0.4, -0.2) is 42.6 Å². The minimum absolute atomic E-state index is 0.0425. The monoisotopic (exact) mass is 389 g/mol. The zero-order valence-corrected chi connectivity index (χ0v) is 15.4. The Kier molecular flexibility index (Phi) is 6.23. The molecule has 1 aliphatic rings. The van der Waals surface area contributed by atoms with Crippen LogP contribution in [0, 0.1) is 11.6 Å². The van der Waals surface area contributed by atoms with Gasteiger partial charge in [0.25, 0.3) is 0 Å². The average Bonchev–Trinajstić information content (AvgIpc) is 3.12. The summed E-state index contributed by atoms with van der Waals surface area (Å²) < 4.78 is 38.1. The molecule has 1 fully saturated rings. The van der Waals surface area contributed by atoms with Crippen molar-refractivity contribution < 1.29 is 27.8 Å². The largest absolute Gasteiger partial charge is 0.485 e. The summed E-state index contributed by atoms with van der Waals surface area (Å²) in [4.78, 5) is 26.2. The van der Waals surface area contributed by atoms with Crippen LogP contribution in [0.2, 0.25) is 0 Å². The molecule has 5 nitrogen and oxygen atoms in total. The number of rotatable bonds is 6. The number of amides is 1. The predicted octanol–water partition coefficient (Wildman–Crippen LogP) is 3.12. The maximum atomic E-state index is 13.8. The topological polar surface area (TPSA) is 55.8 Å². The van der Waals surface area contributed by atoms with Crippen molar-refractivity contribution in [1.29, 1.82) is 0 Å². The quantitative estimate of drug-likeness (QED) is 0.713. The summed E-state index contributed by atoms with van der Waals surface area (Å²) in [5.74, 6) is -1.68. The molecule has 2 aromatic carbocycles. The molecule has 1 saturated heterocycles. The van der Waals surface area contributed by atoms with Crippen LogP contribution in [0.4, 0.5) is 8.78 Å². The fourth-order valence-electron chi connectivity index (χ4n) is 3.32. The molecule has 1 amide bonds. The van der Waals surface area contributed by atoms with Crippen LogP contribution < -0.4 is 4.74 Å². The minimum atomic E-state index is -0.810. The van der Waals surface area contributed by atoms with Gasteiger partial charge in [-0.15, -0.1) is 0 Å². The third kappa shape index (κ3) is 4.47. The lowest BCUT2D eigenvalue weighted by Gasteiger charge is -2.22. The molecule has 0 aromatic heterocycles. The van der Waals surface area contributed by atoms with Gasteiger partial charge in [-0.25, -0.2) is 13.6 Å². The number of carbonyl (C=O) groups is 2. The molecule has 148 valence electrons. The maximum absolute atomic E-state index is 13.8. The van der Waals surface area contributed by atoms with Gasteiger partial charge in [0.05, 0.1) is 13.7 Å². The van der Waals surface area contributed by atoms with Gasteiger partial charge < -0.3 is 14.4 Å². The first-order valence-electron chi connectivity index (χ1n) is 9.01. The molecule has 0 radical (unpaired) electrons. The first-order valence-corrected chi connectivity index (χ1v) is 9.01. The molecule has 28 heavy (non-hydrogen) atoms. The van der Waals surface area contributed by atoms with Crippen LogP contribution in [0.5, 0.6) is 5.75 Å². The van der Waals surface area contributed by atoms with Gasteiger partial charge in [0, 0.05) is 12.8 Å². The summed E-state index contributed by atoms with van der Waals surface area (Å²) in [5, 5.41) is 0. The number of nitrogens with zero attached hydrogens (tertiary/aromatic N) is 1. The number of hydrogen-bond donors (Lipinski definition) is 0. The van der Waals surface area contributed by atoms with E-state index in [4.69, 9.17) is 9.47 Å². The van der Waals surface area contributed by atoms with Crippen LogP contribution in [0.1, 0.15) is 18.4 Å². The number of aryl methyl sites for hydroxylation is 1. The van der Waals surface area contributed by atoms with Crippen LogP contribution in [-0.2, 0) is 20.7 Å². The summed E-state index contributed by atoms with van der Waals surface area (Å²) in [5.41, 5.74) is 0.434. The van der Waals surface area contributed by atoms with E-state index in [2.05, 4.69) is 0 Å². The molecule has 1 heterocycles. The molecule has 0 aliphatic carbocycles. The van der Waals surface area contributed by atoms with Crippen molar-refractivity contribution in [2.45, 2.75) is 31.4 Å². The molecule has 0 spiro atoms. The first-order chi connectivity index (χ1) is 13.5.